The second kappa shape index (κ2) is 7.65. The first-order chi connectivity index (χ1) is 10.6. The van der Waals surface area contributed by atoms with Crippen LogP contribution in [0.15, 0.2) is 18.2 Å². The Morgan fingerprint density at radius 2 is 1.96 bits per heavy atom. The third-order valence-electron chi connectivity index (χ3n) is 2.76. The highest BCUT2D eigenvalue weighted by Crippen LogP contribution is 2.34. The predicted octanol–water partition coefficient (Wildman–Crippen LogP) is 2.34. The standard InChI is InChI=1S/C15H16F3N3O2/c1-3-4-11(19)8-14(23)21-13-7-10(15(16,17)18)5-6-12(13)20-9(2)22/h1,5-7,11H,4,8,19H2,2H3,(H,20,22)(H,21,23). The number of halogens is 3. The molecule has 0 heterocycles. The van der Waals surface area contributed by atoms with Gasteiger partial charge < -0.3 is 16.4 Å². The molecule has 0 saturated heterocycles. The number of nitrogens with one attached hydrogen (secondary N) is 2. The number of nitrogens with two attached hydrogens (primary N) is 1. The van der Waals surface area contributed by atoms with Crippen molar-refractivity contribution in [1.29, 1.82) is 0 Å². The zero-order chi connectivity index (χ0) is 17.6. The van der Waals surface area contributed by atoms with Crippen LogP contribution in [0.4, 0.5) is 24.5 Å². The average Bonchev–Trinajstić information content (AvgIpc) is 2.38. The third kappa shape index (κ3) is 6.00. The van der Waals surface area contributed by atoms with Crippen molar-refractivity contribution in [1.82, 2.24) is 0 Å². The molecule has 5 nitrogen and oxygen atoms in total. The van der Waals surface area contributed by atoms with Gasteiger partial charge in [-0.3, -0.25) is 9.59 Å². The summed E-state index contributed by atoms with van der Waals surface area (Å²) in [5.74, 6) is 1.21. The first kappa shape index (κ1) is 18.5. The van der Waals surface area contributed by atoms with Gasteiger partial charge in [0.25, 0.3) is 0 Å². The zero-order valence-electron chi connectivity index (χ0n) is 12.3. The molecule has 23 heavy (non-hydrogen) atoms. The van der Waals surface area contributed by atoms with Crippen molar-refractivity contribution < 1.29 is 22.8 Å². The minimum absolute atomic E-state index is 0.0596. The van der Waals surface area contributed by atoms with Crippen LogP contribution in [0.2, 0.25) is 0 Å². The van der Waals surface area contributed by atoms with E-state index in [2.05, 4.69) is 16.6 Å². The molecule has 1 unspecified atom stereocenters. The smallest absolute Gasteiger partial charge is 0.326 e. The molecule has 1 atom stereocenters. The van der Waals surface area contributed by atoms with Gasteiger partial charge >= 0.3 is 6.18 Å². The number of terminal acetylenes is 1. The highest BCUT2D eigenvalue weighted by Gasteiger charge is 2.31. The van der Waals surface area contributed by atoms with E-state index in [1.54, 1.807) is 0 Å². The highest BCUT2D eigenvalue weighted by atomic mass is 19.4. The fourth-order valence-electron chi connectivity index (χ4n) is 1.79. The lowest BCUT2D eigenvalue weighted by Crippen LogP contribution is -2.27. The molecule has 124 valence electrons. The summed E-state index contributed by atoms with van der Waals surface area (Å²) in [4.78, 5) is 23.0. The molecular formula is C15H16F3N3O2. The normalized spacial score (nSPS) is 12.2. The summed E-state index contributed by atoms with van der Waals surface area (Å²) in [6.07, 6.45) is 0.503. The Hall–Kier alpha value is -2.53. The first-order valence-corrected chi connectivity index (χ1v) is 6.61. The molecule has 4 N–H and O–H groups in total. The Balaban J connectivity index is 3.02. The molecule has 0 aliphatic rings. The average molecular weight is 327 g/mol. The topological polar surface area (TPSA) is 84.2 Å². The molecule has 0 aromatic heterocycles. The van der Waals surface area contributed by atoms with Crippen molar-refractivity contribution in [2.75, 3.05) is 10.6 Å². The monoisotopic (exact) mass is 327 g/mol. The van der Waals surface area contributed by atoms with Gasteiger partial charge in [0.15, 0.2) is 0 Å². The van der Waals surface area contributed by atoms with E-state index in [1.807, 2.05) is 0 Å². The highest BCUT2D eigenvalue weighted by molar-refractivity contribution is 5.99. The molecule has 0 radical (unpaired) electrons. The number of rotatable bonds is 5. The number of benzene rings is 1. The lowest BCUT2D eigenvalue weighted by Gasteiger charge is -2.15. The van der Waals surface area contributed by atoms with Crippen LogP contribution < -0.4 is 16.4 Å². The number of anilines is 2. The minimum atomic E-state index is -4.58. The zero-order valence-corrected chi connectivity index (χ0v) is 12.3. The lowest BCUT2D eigenvalue weighted by molar-refractivity contribution is -0.137. The van der Waals surface area contributed by atoms with Gasteiger partial charge in [0.1, 0.15) is 0 Å². The maximum atomic E-state index is 12.8. The molecule has 0 aliphatic heterocycles. The van der Waals surface area contributed by atoms with Crippen LogP contribution in [0.25, 0.3) is 0 Å². The predicted molar refractivity (Wildman–Crippen MR) is 80.4 cm³/mol. The van der Waals surface area contributed by atoms with Crippen LogP contribution in [-0.4, -0.2) is 17.9 Å². The van der Waals surface area contributed by atoms with E-state index in [4.69, 9.17) is 12.2 Å². The molecule has 1 aromatic carbocycles. The molecule has 0 spiro atoms. The SMILES string of the molecule is C#CCC(N)CC(=O)Nc1cc(C(F)(F)F)ccc1NC(C)=O. The Labute approximate surface area is 131 Å². The Bertz CT molecular complexity index is 636. The molecule has 8 heteroatoms. The molecular weight excluding hydrogens is 311 g/mol. The molecule has 1 rings (SSSR count). The number of carbonyl (C=O) groups excluding carboxylic acids is 2. The van der Waals surface area contributed by atoms with E-state index in [0.717, 1.165) is 18.2 Å². The van der Waals surface area contributed by atoms with Crippen LogP contribution >= 0.6 is 0 Å². The van der Waals surface area contributed by atoms with Gasteiger partial charge in [-0.05, 0) is 18.2 Å². The summed E-state index contributed by atoms with van der Waals surface area (Å²) in [6, 6.07) is 2.03. The van der Waals surface area contributed by atoms with E-state index < -0.39 is 29.6 Å². The van der Waals surface area contributed by atoms with E-state index in [0.29, 0.717) is 0 Å². The van der Waals surface area contributed by atoms with Gasteiger partial charge in [-0.25, -0.2) is 0 Å². The van der Waals surface area contributed by atoms with E-state index in [1.165, 1.54) is 6.92 Å². The van der Waals surface area contributed by atoms with Gasteiger partial charge in [0, 0.05) is 25.8 Å². The third-order valence-corrected chi connectivity index (χ3v) is 2.76. The fraction of sp³-hybridized carbons (Fsp3) is 0.333. The maximum absolute atomic E-state index is 12.8. The largest absolute Gasteiger partial charge is 0.416 e. The number of carbonyl (C=O) groups is 2. The lowest BCUT2D eigenvalue weighted by atomic mass is 10.1. The van der Waals surface area contributed by atoms with E-state index in [9.17, 15) is 22.8 Å². The van der Waals surface area contributed by atoms with Crippen LogP contribution in [0.5, 0.6) is 0 Å². The second-order valence-corrected chi connectivity index (χ2v) is 4.86. The van der Waals surface area contributed by atoms with Crippen LogP contribution in [0.1, 0.15) is 25.3 Å². The summed E-state index contributed by atoms with van der Waals surface area (Å²) in [7, 11) is 0. The quantitative estimate of drug-likeness (QED) is 0.726. The fourth-order valence-corrected chi connectivity index (χ4v) is 1.79. The van der Waals surface area contributed by atoms with E-state index >= 15 is 0 Å². The van der Waals surface area contributed by atoms with E-state index in [-0.39, 0.29) is 24.2 Å². The number of hydrogen-bond acceptors (Lipinski definition) is 3. The van der Waals surface area contributed by atoms with Crippen molar-refractivity contribution in [3.05, 3.63) is 23.8 Å². The van der Waals surface area contributed by atoms with Crippen LogP contribution in [0, 0.1) is 12.3 Å². The van der Waals surface area contributed by atoms with Gasteiger partial charge in [-0.2, -0.15) is 13.2 Å². The molecule has 0 fully saturated rings. The van der Waals surface area contributed by atoms with Crippen molar-refractivity contribution in [3.63, 3.8) is 0 Å². The second-order valence-electron chi connectivity index (χ2n) is 4.86. The van der Waals surface area contributed by atoms with Crippen molar-refractivity contribution in [2.24, 2.45) is 5.73 Å². The van der Waals surface area contributed by atoms with Crippen molar-refractivity contribution in [2.45, 2.75) is 32.0 Å². The number of hydrogen-bond donors (Lipinski definition) is 3. The summed E-state index contributed by atoms with van der Waals surface area (Å²) in [5, 5.41) is 4.67. The summed E-state index contributed by atoms with van der Waals surface area (Å²) >= 11 is 0. The van der Waals surface area contributed by atoms with Crippen LogP contribution in [0.3, 0.4) is 0 Å². The van der Waals surface area contributed by atoms with Gasteiger partial charge in [0.2, 0.25) is 11.8 Å². The molecule has 0 aliphatic carbocycles. The van der Waals surface area contributed by atoms with Crippen LogP contribution in [-0.2, 0) is 15.8 Å². The minimum Gasteiger partial charge on any atom is -0.326 e. The Morgan fingerprint density at radius 3 is 2.48 bits per heavy atom. The Morgan fingerprint density at radius 1 is 1.30 bits per heavy atom. The van der Waals surface area contributed by atoms with Crippen molar-refractivity contribution >= 4 is 23.2 Å². The maximum Gasteiger partial charge on any atom is 0.416 e. The Kier molecular flexibility index (Phi) is 6.16. The molecule has 0 saturated carbocycles. The van der Waals surface area contributed by atoms with Crippen molar-refractivity contribution in [3.8, 4) is 12.3 Å². The van der Waals surface area contributed by atoms with Gasteiger partial charge in [-0.1, -0.05) is 0 Å². The number of amides is 2. The summed E-state index contributed by atoms with van der Waals surface area (Å²) in [6.45, 7) is 1.20. The molecule has 2 amide bonds. The van der Waals surface area contributed by atoms with Gasteiger partial charge in [0.05, 0.1) is 16.9 Å². The van der Waals surface area contributed by atoms with Gasteiger partial charge in [-0.15, -0.1) is 12.3 Å². The number of alkyl halides is 3. The molecule has 1 aromatic rings. The summed E-state index contributed by atoms with van der Waals surface area (Å²) in [5.41, 5.74) is 4.55. The molecule has 0 bridgehead atoms. The first-order valence-electron chi connectivity index (χ1n) is 6.61. The summed E-state index contributed by atoms with van der Waals surface area (Å²) < 4.78 is 38.3.